The number of nitrogens with zero attached hydrogens (tertiary/aromatic N) is 2. The van der Waals surface area contributed by atoms with Crippen LogP contribution in [0.1, 0.15) is 109 Å². The Bertz CT molecular complexity index is 1920. The van der Waals surface area contributed by atoms with E-state index in [9.17, 15) is 29.1 Å². The molecule has 0 saturated carbocycles. The molecule has 1 aromatic heterocycles. The monoisotopic (exact) mass is 862 g/mol. The Kier molecular flexibility index (Phi) is 17.8. The van der Waals surface area contributed by atoms with E-state index < -0.39 is 47.4 Å². The van der Waals surface area contributed by atoms with Crippen molar-refractivity contribution in [2.75, 3.05) is 13.6 Å². The summed E-state index contributed by atoms with van der Waals surface area (Å²) in [5.74, 6) is -1.12. The van der Waals surface area contributed by atoms with Crippen LogP contribution >= 0.6 is 11.3 Å². The predicted octanol–water partition coefficient (Wildman–Crippen LogP) is 5.97. The number of amides is 5. The molecule has 5 N–H and O–H groups in total. The molecule has 14 nitrogen and oxygen atoms in total. The van der Waals surface area contributed by atoms with Gasteiger partial charge in [0, 0.05) is 39.4 Å². The number of ether oxygens (including phenoxy) is 2. The van der Waals surface area contributed by atoms with Crippen molar-refractivity contribution < 1.29 is 38.6 Å². The molecule has 5 atom stereocenters. The van der Waals surface area contributed by atoms with Crippen LogP contribution in [0.2, 0.25) is 0 Å². The topological polar surface area (TPSA) is 188 Å². The summed E-state index contributed by atoms with van der Waals surface area (Å²) in [5, 5.41) is 21.9. The van der Waals surface area contributed by atoms with Crippen LogP contribution in [-0.2, 0) is 48.2 Å². The number of aliphatic hydroxyl groups is 1. The third kappa shape index (κ3) is 15.5. The molecule has 2 aromatic carbocycles. The molecule has 334 valence electrons. The number of carbonyl (C=O) groups excluding carboxylic acids is 5. The van der Waals surface area contributed by atoms with E-state index in [1.807, 2.05) is 88.7 Å². The molecule has 0 radical (unpaired) electrons. The number of benzene rings is 2. The number of rotatable bonds is 19. The lowest BCUT2D eigenvalue weighted by atomic mass is 9.85. The van der Waals surface area contributed by atoms with Crippen LogP contribution in [0.3, 0.4) is 0 Å². The van der Waals surface area contributed by atoms with Crippen LogP contribution in [-0.4, -0.2) is 94.2 Å². The van der Waals surface area contributed by atoms with E-state index in [1.165, 1.54) is 4.90 Å². The maximum atomic E-state index is 14.0. The van der Waals surface area contributed by atoms with Crippen LogP contribution in [0.25, 0.3) is 10.4 Å². The van der Waals surface area contributed by atoms with Crippen LogP contribution in [0.5, 0.6) is 0 Å². The van der Waals surface area contributed by atoms with Crippen molar-refractivity contribution in [1.82, 2.24) is 31.2 Å². The molecule has 0 aliphatic carbocycles. The fraction of sp³-hybridized carbons (Fsp3) is 0.565. The molecule has 1 fully saturated rings. The van der Waals surface area contributed by atoms with Crippen molar-refractivity contribution in [3.05, 3.63) is 76.4 Å². The van der Waals surface area contributed by atoms with Crippen molar-refractivity contribution in [3.63, 3.8) is 0 Å². The minimum Gasteiger partial charge on any atom is -0.444 e. The summed E-state index contributed by atoms with van der Waals surface area (Å²) in [4.78, 5) is 71.9. The molecule has 1 aliphatic rings. The molecule has 5 amide bonds. The van der Waals surface area contributed by atoms with E-state index in [2.05, 4.69) is 26.3 Å². The molecule has 3 aromatic rings. The number of unbranched alkanes of at least 4 members (excludes halogenated alkanes) is 1. The molecule has 15 heteroatoms. The van der Waals surface area contributed by atoms with E-state index in [0.717, 1.165) is 45.7 Å². The molecule has 1 saturated heterocycles. The molecule has 0 bridgehead atoms. The van der Waals surface area contributed by atoms with Crippen LogP contribution in [0.4, 0.5) is 4.79 Å². The maximum Gasteiger partial charge on any atom is 0.407 e. The summed E-state index contributed by atoms with van der Waals surface area (Å²) in [7, 11) is 1.57. The van der Waals surface area contributed by atoms with E-state index in [-0.39, 0.29) is 56.0 Å². The zero-order valence-corrected chi connectivity index (χ0v) is 38.1. The van der Waals surface area contributed by atoms with Crippen molar-refractivity contribution in [2.45, 2.75) is 149 Å². The molecule has 2 heterocycles. The van der Waals surface area contributed by atoms with Crippen molar-refractivity contribution >= 4 is 41.1 Å². The van der Waals surface area contributed by atoms with Gasteiger partial charge in [-0.3, -0.25) is 19.2 Å². The number of hydrogen-bond acceptors (Lipinski definition) is 10. The van der Waals surface area contributed by atoms with Gasteiger partial charge in [-0.2, -0.15) is 0 Å². The van der Waals surface area contributed by atoms with Crippen LogP contribution in [0, 0.1) is 12.3 Å². The normalized spacial score (nSPS) is 16.9. The SMILES string of the molecule is CNC(=O)CC[C@H](NC(=O)OC(C)(C)C)[C@@H](C)OCc1ccc(CCCCC(=O)N[C@H](C(=O)N2C[C@H](O)C[C@H]2C(=O)NCc2ccc(-c3scnc3C)cc2)C(C)(C)C)cc1. The van der Waals surface area contributed by atoms with Gasteiger partial charge in [0.15, 0.2) is 0 Å². The van der Waals surface area contributed by atoms with Crippen LogP contribution < -0.4 is 21.3 Å². The van der Waals surface area contributed by atoms with E-state index in [4.69, 9.17) is 9.47 Å². The highest BCUT2D eigenvalue weighted by Crippen LogP contribution is 2.28. The Hall–Kier alpha value is -4.86. The van der Waals surface area contributed by atoms with Gasteiger partial charge in [0.2, 0.25) is 23.6 Å². The summed E-state index contributed by atoms with van der Waals surface area (Å²) < 4.78 is 11.5. The Morgan fingerprint density at radius 2 is 1.56 bits per heavy atom. The number of likely N-dealkylation sites (tertiary alicyclic amines) is 1. The number of aryl methyl sites for hydroxylation is 2. The lowest BCUT2D eigenvalue weighted by molar-refractivity contribution is -0.144. The summed E-state index contributed by atoms with van der Waals surface area (Å²) in [6, 6.07) is 13.7. The summed E-state index contributed by atoms with van der Waals surface area (Å²) in [6.45, 7) is 15.4. The number of aliphatic hydroxyl groups excluding tert-OH is 1. The van der Waals surface area contributed by atoms with Gasteiger partial charge >= 0.3 is 6.09 Å². The van der Waals surface area contributed by atoms with Gasteiger partial charge in [-0.15, -0.1) is 11.3 Å². The minimum atomic E-state index is -0.889. The average molecular weight is 863 g/mol. The third-order valence-corrected chi connectivity index (χ3v) is 11.6. The largest absolute Gasteiger partial charge is 0.444 e. The fourth-order valence-electron chi connectivity index (χ4n) is 7.07. The Labute approximate surface area is 365 Å². The van der Waals surface area contributed by atoms with Crippen molar-refractivity contribution in [1.29, 1.82) is 0 Å². The quantitative estimate of drug-likeness (QED) is 0.0906. The molecule has 0 spiro atoms. The lowest BCUT2D eigenvalue weighted by Gasteiger charge is -2.35. The number of β-amino-alcohol motifs (C(OH)–C–C–N with tert-alkyl or cyclic N) is 1. The van der Waals surface area contributed by atoms with Gasteiger partial charge in [-0.1, -0.05) is 69.3 Å². The lowest BCUT2D eigenvalue weighted by Crippen LogP contribution is -2.57. The smallest absolute Gasteiger partial charge is 0.407 e. The predicted molar refractivity (Wildman–Crippen MR) is 236 cm³/mol. The Balaban J connectivity index is 1.23. The first-order valence-electron chi connectivity index (χ1n) is 21.2. The first kappa shape index (κ1) is 48.8. The van der Waals surface area contributed by atoms with Gasteiger partial charge in [0.25, 0.3) is 0 Å². The number of alkyl carbamates (subject to hydrolysis) is 1. The number of nitrogens with one attached hydrogen (secondary N) is 4. The second-order valence-corrected chi connectivity index (χ2v) is 18.8. The maximum absolute atomic E-state index is 14.0. The minimum absolute atomic E-state index is 0.0111. The second-order valence-electron chi connectivity index (χ2n) is 17.9. The van der Waals surface area contributed by atoms with Crippen molar-refractivity contribution in [3.8, 4) is 10.4 Å². The van der Waals surface area contributed by atoms with Crippen LogP contribution in [0.15, 0.2) is 54.0 Å². The molecule has 4 rings (SSSR count). The number of aromatic nitrogens is 1. The number of hydrogen-bond donors (Lipinski definition) is 5. The van der Waals surface area contributed by atoms with Gasteiger partial charge in [0.05, 0.1) is 40.9 Å². The fourth-order valence-corrected chi connectivity index (χ4v) is 7.88. The molecule has 61 heavy (non-hydrogen) atoms. The molecular weight excluding hydrogens is 797 g/mol. The third-order valence-electron chi connectivity index (χ3n) is 10.6. The first-order chi connectivity index (χ1) is 28.7. The summed E-state index contributed by atoms with van der Waals surface area (Å²) >= 11 is 1.58. The number of thiazole rings is 1. The second kappa shape index (κ2) is 22.3. The molecule has 1 aliphatic heterocycles. The highest BCUT2D eigenvalue weighted by Gasteiger charge is 2.44. The van der Waals surface area contributed by atoms with Crippen molar-refractivity contribution in [2.24, 2.45) is 5.41 Å². The Morgan fingerprint density at radius 1 is 0.902 bits per heavy atom. The number of carbonyl (C=O) groups is 5. The van der Waals surface area contributed by atoms with Gasteiger partial charge in [-0.05, 0) is 88.0 Å². The van der Waals surface area contributed by atoms with Gasteiger partial charge in [0.1, 0.15) is 17.7 Å². The molecule has 0 unspecified atom stereocenters. The standard InChI is InChI=1S/C46H66N6O8S/c1-29-40(61-28-49-29)34-20-18-32(19-21-34)25-48-42(56)37-24-35(53)26-52(37)43(57)41(45(3,4)5)51-39(55)13-11-10-12-31-14-16-33(17-15-31)27-59-30(2)36(22-23-38(54)47-9)50-44(58)60-46(6,7)8/h14-21,28,30,35-37,41,53H,10-13,22-27H2,1-9H3,(H,47,54)(H,48,56)(H,50,58)(H,51,55)/t30-,35-,36+,37+,41-/m1/s1. The van der Waals surface area contributed by atoms with E-state index in [1.54, 1.807) is 39.2 Å². The average Bonchev–Trinajstić information content (AvgIpc) is 3.82. The summed E-state index contributed by atoms with van der Waals surface area (Å²) in [6.07, 6.45) is 1.28. The zero-order valence-electron chi connectivity index (χ0n) is 37.3. The Morgan fingerprint density at radius 3 is 2.16 bits per heavy atom. The highest BCUT2D eigenvalue weighted by atomic mass is 32.1. The van der Waals surface area contributed by atoms with E-state index >= 15 is 0 Å². The molecular formula is C46H66N6O8S. The van der Waals surface area contributed by atoms with Gasteiger partial charge < -0.3 is 40.7 Å². The van der Waals surface area contributed by atoms with Gasteiger partial charge in [-0.25, -0.2) is 9.78 Å². The summed E-state index contributed by atoms with van der Waals surface area (Å²) in [5.41, 5.74) is 5.49. The highest BCUT2D eigenvalue weighted by molar-refractivity contribution is 7.13. The van der Waals surface area contributed by atoms with E-state index in [0.29, 0.717) is 19.4 Å². The first-order valence-corrected chi connectivity index (χ1v) is 22.1. The zero-order chi connectivity index (χ0) is 44.9.